The van der Waals surface area contributed by atoms with Crippen LogP contribution in [0.4, 0.5) is 0 Å². The van der Waals surface area contributed by atoms with Gasteiger partial charge in [0.15, 0.2) is 0 Å². The molecule has 2 N–H and O–H groups in total. The van der Waals surface area contributed by atoms with E-state index in [0.29, 0.717) is 98.7 Å². The van der Waals surface area contributed by atoms with Gasteiger partial charge in [-0.1, -0.05) is 5.11 Å². The molecule has 0 aliphatic carbocycles. The molecule has 13 heteroatoms. The summed E-state index contributed by atoms with van der Waals surface area (Å²) in [6.07, 6.45) is 1.02. The van der Waals surface area contributed by atoms with Crippen LogP contribution in [0.5, 0.6) is 0 Å². The maximum Gasteiger partial charge on any atom is 0.306 e. The molecule has 0 aliphatic heterocycles. The summed E-state index contributed by atoms with van der Waals surface area (Å²) in [4.78, 5) is 14.0. The van der Waals surface area contributed by atoms with Crippen LogP contribution in [0.3, 0.4) is 0 Å². The monoisotopic (exact) mass is 511 g/mol. The van der Waals surface area contributed by atoms with Crippen molar-refractivity contribution in [3.05, 3.63) is 10.4 Å². The van der Waals surface area contributed by atoms with Crippen molar-refractivity contribution in [1.82, 2.24) is 0 Å². The Hall–Kier alpha value is -1.54. The quantitative estimate of drug-likeness (QED) is 0.0673. The molecule has 0 aliphatic rings. The number of esters is 1. The lowest BCUT2D eigenvalue weighted by atomic mass is 10.2. The van der Waals surface area contributed by atoms with E-state index in [9.17, 15) is 4.79 Å². The van der Waals surface area contributed by atoms with Crippen molar-refractivity contribution in [3.8, 4) is 0 Å². The molecule has 0 aromatic heterocycles. The Morgan fingerprint density at radius 3 is 1.51 bits per heavy atom. The maximum atomic E-state index is 11.4. The summed E-state index contributed by atoms with van der Waals surface area (Å²) in [6, 6.07) is 0. The Morgan fingerprint density at radius 2 is 1.11 bits per heavy atom. The Kier molecular flexibility index (Phi) is 29.2. The van der Waals surface area contributed by atoms with Crippen LogP contribution < -0.4 is 0 Å². The first-order valence-electron chi connectivity index (χ1n) is 11.8. The van der Waals surface area contributed by atoms with Crippen molar-refractivity contribution < 1.29 is 48.2 Å². The van der Waals surface area contributed by atoms with E-state index in [4.69, 9.17) is 48.9 Å². The van der Waals surface area contributed by atoms with E-state index in [2.05, 4.69) is 10.0 Å². The molecule has 0 rings (SSSR count). The number of carbonyl (C=O) groups excluding carboxylic acids is 1. The van der Waals surface area contributed by atoms with Crippen LogP contribution in [0.1, 0.15) is 33.6 Å². The van der Waals surface area contributed by atoms with Crippen LogP contribution in [-0.4, -0.2) is 121 Å². The van der Waals surface area contributed by atoms with E-state index < -0.39 is 5.60 Å². The number of nitrogens with zero attached hydrogens (tertiary/aromatic N) is 3. The van der Waals surface area contributed by atoms with Crippen molar-refractivity contribution in [3.63, 3.8) is 0 Å². The minimum absolute atomic E-state index is 0.0285. The molecule has 0 saturated heterocycles. The van der Waals surface area contributed by atoms with Gasteiger partial charge in [-0.05, 0) is 32.7 Å². The van der Waals surface area contributed by atoms with E-state index in [1.54, 1.807) is 0 Å². The molecule has 0 spiro atoms. The zero-order valence-corrected chi connectivity index (χ0v) is 21.5. The fourth-order valence-electron chi connectivity index (χ4n) is 2.07. The fourth-order valence-corrected chi connectivity index (χ4v) is 2.07. The first kappa shape index (κ1) is 35.6. The Bertz CT molecular complexity index is 500. The van der Waals surface area contributed by atoms with E-state index >= 15 is 0 Å². The lowest BCUT2D eigenvalue weighted by Gasteiger charge is -2.19. The highest BCUT2D eigenvalue weighted by Crippen LogP contribution is 2.09. The molecule has 0 aromatic rings. The number of rotatable bonds is 23. The molecule has 208 valence electrons. The average molecular weight is 512 g/mol. The van der Waals surface area contributed by atoms with Crippen LogP contribution in [0, 0.1) is 0 Å². The Morgan fingerprint density at radius 1 is 0.714 bits per heavy atom. The molecule has 0 radical (unpaired) electrons. The summed E-state index contributed by atoms with van der Waals surface area (Å²) < 4.78 is 36.0. The second kappa shape index (κ2) is 28.7. The van der Waals surface area contributed by atoms with E-state index in [0.717, 1.165) is 0 Å². The number of hydrogen-bond acceptors (Lipinski definition) is 11. The summed E-state index contributed by atoms with van der Waals surface area (Å²) >= 11 is 0. The highest BCUT2D eigenvalue weighted by molar-refractivity contribution is 5.69. The van der Waals surface area contributed by atoms with E-state index in [-0.39, 0.29) is 19.2 Å². The van der Waals surface area contributed by atoms with Crippen molar-refractivity contribution in [2.75, 3.05) is 99.0 Å². The number of carbonyl (C=O) groups is 1. The normalized spacial score (nSPS) is 10.9. The lowest BCUT2D eigenvalue weighted by molar-refractivity contribution is -0.155. The first-order valence-corrected chi connectivity index (χ1v) is 11.8. The molecule has 0 heterocycles. The third-order valence-electron chi connectivity index (χ3n) is 3.45. The zero-order valence-electron chi connectivity index (χ0n) is 21.5. The molecule has 0 saturated carbocycles. The third-order valence-corrected chi connectivity index (χ3v) is 3.45. The minimum atomic E-state index is -0.427. The van der Waals surface area contributed by atoms with Crippen LogP contribution in [0.2, 0.25) is 0 Å². The molecular weight excluding hydrogens is 466 g/mol. The zero-order chi connectivity index (χ0) is 26.5. The van der Waals surface area contributed by atoms with Gasteiger partial charge in [-0.2, -0.15) is 0 Å². The van der Waals surface area contributed by atoms with Gasteiger partial charge < -0.3 is 43.4 Å². The summed E-state index contributed by atoms with van der Waals surface area (Å²) in [5.74, 6) is -0.196. The van der Waals surface area contributed by atoms with Gasteiger partial charge in [0.1, 0.15) is 5.60 Å². The molecule has 35 heavy (non-hydrogen) atoms. The number of azide groups is 1. The molecule has 13 nitrogen and oxygen atoms in total. The standard InChI is InChI=1S/C14H28O6.C8H17N3O4/c1-14(2,3)20-13(16)5-4-7-17-9-11-19-12-10-18-8-6-15;9-11-10-1-3-13-5-7-15-8-6-14-4-2-12/h15H,4-12H2,1-3H3;12H,1-8H2. The van der Waals surface area contributed by atoms with Crippen molar-refractivity contribution in [2.45, 2.75) is 39.2 Å². The van der Waals surface area contributed by atoms with Crippen molar-refractivity contribution in [2.24, 2.45) is 5.11 Å². The van der Waals surface area contributed by atoms with Crippen LogP contribution in [0.15, 0.2) is 5.11 Å². The molecule has 0 bridgehead atoms. The molecule has 0 fully saturated rings. The fraction of sp³-hybridized carbons (Fsp3) is 0.955. The highest BCUT2D eigenvalue weighted by atomic mass is 16.6. The number of aliphatic hydroxyl groups is 2. The third kappa shape index (κ3) is 37.2. The van der Waals surface area contributed by atoms with Crippen LogP contribution in [-0.2, 0) is 38.0 Å². The molecule has 0 atom stereocenters. The Balaban J connectivity index is 0. The first-order chi connectivity index (χ1) is 16.9. The van der Waals surface area contributed by atoms with Gasteiger partial charge in [-0.3, -0.25) is 4.79 Å². The second-order valence-electron chi connectivity index (χ2n) is 7.77. The van der Waals surface area contributed by atoms with Crippen molar-refractivity contribution in [1.29, 1.82) is 0 Å². The molecule has 0 unspecified atom stereocenters. The van der Waals surface area contributed by atoms with Gasteiger partial charge in [0, 0.05) is 24.5 Å². The van der Waals surface area contributed by atoms with Gasteiger partial charge in [0.25, 0.3) is 0 Å². The van der Waals surface area contributed by atoms with E-state index in [1.165, 1.54) is 0 Å². The summed E-state index contributed by atoms with van der Waals surface area (Å²) in [6.45, 7) is 11.4. The summed E-state index contributed by atoms with van der Waals surface area (Å²) in [5.41, 5.74) is 7.53. The van der Waals surface area contributed by atoms with Crippen LogP contribution in [0.25, 0.3) is 10.4 Å². The summed E-state index contributed by atoms with van der Waals surface area (Å²) in [5, 5.41) is 20.2. The minimum Gasteiger partial charge on any atom is -0.460 e. The number of aliphatic hydroxyl groups excluding tert-OH is 2. The van der Waals surface area contributed by atoms with Crippen molar-refractivity contribution >= 4 is 5.97 Å². The molecule has 0 aromatic carbocycles. The van der Waals surface area contributed by atoms with Gasteiger partial charge in [-0.15, -0.1) is 0 Å². The van der Waals surface area contributed by atoms with E-state index in [1.807, 2.05) is 20.8 Å². The largest absolute Gasteiger partial charge is 0.460 e. The molecular formula is C22H45N3O10. The predicted octanol–water partition coefficient (Wildman–Crippen LogP) is 1.49. The number of hydrogen-bond donors (Lipinski definition) is 2. The van der Waals surface area contributed by atoms with Gasteiger partial charge >= 0.3 is 5.97 Å². The lowest BCUT2D eigenvalue weighted by Crippen LogP contribution is -2.23. The SMILES string of the molecule is CC(C)(C)OC(=O)CCCOCCOCCOCCO.[N-]=[N+]=NCCOCCOCCOCCO. The molecule has 0 amide bonds. The number of ether oxygens (including phenoxy) is 7. The maximum absolute atomic E-state index is 11.4. The van der Waals surface area contributed by atoms with Gasteiger partial charge in [-0.25, -0.2) is 0 Å². The average Bonchev–Trinajstić information content (AvgIpc) is 2.80. The van der Waals surface area contributed by atoms with Gasteiger partial charge in [0.2, 0.25) is 0 Å². The van der Waals surface area contributed by atoms with Gasteiger partial charge in [0.05, 0.1) is 85.9 Å². The Labute approximate surface area is 208 Å². The topological polar surface area (TPSA) is 171 Å². The predicted molar refractivity (Wildman–Crippen MR) is 128 cm³/mol. The smallest absolute Gasteiger partial charge is 0.306 e. The summed E-state index contributed by atoms with van der Waals surface area (Å²) in [7, 11) is 0. The second-order valence-corrected chi connectivity index (χ2v) is 7.77. The highest BCUT2D eigenvalue weighted by Gasteiger charge is 2.15. The van der Waals surface area contributed by atoms with Crippen LogP contribution >= 0.6 is 0 Å².